The highest BCUT2D eigenvalue weighted by molar-refractivity contribution is 6.30. The van der Waals surface area contributed by atoms with Gasteiger partial charge in [0.05, 0.1) is 5.56 Å². The van der Waals surface area contributed by atoms with E-state index in [4.69, 9.17) is 16.3 Å². The molecule has 0 atom stereocenters. The molecule has 3 aromatic carbocycles. The van der Waals surface area contributed by atoms with Crippen molar-refractivity contribution in [1.29, 1.82) is 0 Å². The van der Waals surface area contributed by atoms with Gasteiger partial charge in [-0.15, -0.1) is 0 Å². The fourth-order valence-electron chi connectivity index (χ4n) is 3.78. The Bertz CT molecular complexity index is 1160. The number of piperazine rings is 1. The summed E-state index contributed by atoms with van der Waals surface area (Å²) in [6, 6.07) is 21.5. The van der Waals surface area contributed by atoms with E-state index in [0.717, 1.165) is 19.2 Å². The minimum Gasteiger partial charge on any atom is -0.465 e. The van der Waals surface area contributed by atoms with Crippen LogP contribution >= 0.6 is 11.6 Å². The van der Waals surface area contributed by atoms with Gasteiger partial charge in [0.25, 0.3) is 0 Å². The molecule has 0 radical (unpaired) electrons. The van der Waals surface area contributed by atoms with Crippen LogP contribution < -0.4 is 4.90 Å². The third-order valence-corrected chi connectivity index (χ3v) is 6.02. The predicted molar refractivity (Wildman–Crippen MR) is 138 cm³/mol. The summed E-state index contributed by atoms with van der Waals surface area (Å²) in [6.07, 6.45) is -4.32. The van der Waals surface area contributed by atoms with E-state index in [1.54, 1.807) is 42.5 Å². The van der Waals surface area contributed by atoms with Gasteiger partial charge in [-0.3, -0.25) is 14.5 Å². The van der Waals surface area contributed by atoms with E-state index in [0.29, 0.717) is 48.1 Å². The Kier molecular flexibility index (Phi) is 10.1. The molecular weight excluding hydrogens is 505 g/mol. The number of ketones is 1. The fourth-order valence-corrected chi connectivity index (χ4v) is 3.91. The zero-order valence-electron chi connectivity index (χ0n) is 20.4. The van der Waals surface area contributed by atoms with Gasteiger partial charge in [0.1, 0.15) is 6.61 Å². The molecule has 9 heteroatoms. The lowest BCUT2D eigenvalue weighted by Crippen LogP contribution is -2.47. The predicted octanol–water partition coefficient (Wildman–Crippen LogP) is 5.96. The van der Waals surface area contributed by atoms with Gasteiger partial charge < -0.3 is 9.64 Å². The lowest BCUT2D eigenvalue weighted by Gasteiger charge is -2.36. The zero-order chi connectivity index (χ0) is 26.8. The minimum absolute atomic E-state index is 0.0206. The molecule has 196 valence electrons. The second kappa shape index (κ2) is 13.3. The molecule has 5 nitrogen and oxygen atoms in total. The smallest absolute Gasteiger partial charge is 0.416 e. The highest BCUT2D eigenvalue weighted by Crippen LogP contribution is 2.31. The van der Waals surface area contributed by atoms with E-state index in [1.807, 2.05) is 23.1 Å². The molecule has 37 heavy (non-hydrogen) atoms. The van der Waals surface area contributed by atoms with Gasteiger partial charge in [-0.1, -0.05) is 48.0 Å². The van der Waals surface area contributed by atoms with Crippen LogP contribution in [0.15, 0.2) is 78.9 Å². The van der Waals surface area contributed by atoms with E-state index >= 15 is 0 Å². The number of nitrogens with zero attached hydrogens (tertiary/aromatic N) is 2. The summed E-state index contributed by atoms with van der Waals surface area (Å²) in [4.78, 5) is 26.7. The Morgan fingerprint density at radius 1 is 0.865 bits per heavy atom. The van der Waals surface area contributed by atoms with Gasteiger partial charge in [0.2, 0.25) is 0 Å². The summed E-state index contributed by atoms with van der Waals surface area (Å²) in [7, 11) is 0. The van der Waals surface area contributed by atoms with Crippen LogP contribution in [0.2, 0.25) is 5.02 Å². The third-order valence-electron chi connectivity index (χ3n) is 5.77. The maximum absolute atomic E-state index is 12.7. The molecule has 1 saturated heterocycles. The van der Waals surface area contributed by atoms with Crippen LogP contribution in [0, 0.1) is 0 Å². The first-order valence-corrected chi connectivity index (χ1v) is 12.1. The lowest BCUT2D eigenvalue weighted by atomic mass is 10.0. The first kappa shape index (κ1) is 28.2. The van der Waals surface area contributed by atoms with E-state index in [-0.39, 0.29) is 11.8 Å². The Morgan fingerprint density at radius 3 is 2.08 bits per heavy atom. The van der Waals surface area contributed by atoms with Gasteiger partial charge in [-0.25, -0.2) is 0 Å². The molecule has 0 amide bonds. The van der Waals surface area contributed by atoms with Crippen LogP contribution in [0.1, 0.15) is 28.4 Å². The van der Waals surface area contributed by atoms with Crippen molar-refractivity contribution >= 4 is 29.0 Å². The van der Waals surface area contributed by atoms with Crippen molar-refractivity contribution in [3.05, 3.63) is 101 Å². The maximum atomic E-state index is 12.7. The lowest BCUT2D eigenvalue weighted by molar-refractivity contribution is -0.141. The van der Waals surface area contributed by atoms with Crippen molar-refractivity contribution in [1.82, 2.24) is 4.90 Å². The van der Waals surface area contributed by atoms with Crippen LogP contribution in [0.25, 0.3) is 0 Å². The van der Waals surface area contributed by atoms with Crippen LogP contribution in [0.3, 0.4) is 0 Å². The molecule has 0 unspecified atom stereocenters. The van der Waals surface area contributed by atoms with Gasteiger partial charge in [0.15, 0.2) is 5.78 Å². The molecule has 0 N–H and O–H groups in total. The van der Waals surface area contributed by atoms with Crippen LogP contribution in [0.5, 0.6) is 0 Å². The summed E-state index contributed by atoms with van der Waals surface area (Å²) in [6.45, 7) is 5.14. The van der Waals surface area contributed by atoms with Crippen LogP contribution in [0.4, 0.5) is 18.9 Å². The monoisotopic (exact) mass is 532 g/mol. The number of halogens is 4. The number of benzene rings is 3. The van der Waals surface area contributed by atoms with Crippen LogP contribution in [-0.2, 0) is 15.7 Å². The Labute approximate surface area is 219 Å². The Balaban J connectivity index is 0.000000220. The first-order valence-electron chi connectivity index (χ1n) is 11.8. The number of carbonyl (C=O) groups excluding carboxylic acids is 2. The molecule has 0 spiro atoms. The molecule has 0 bridgehead atoms. The Morgan fingerprint density at radius 2 is 1.49 bits per heavy atom. The van der Waals surface area contributed by atoms with Crippen molar-refractivity contribution in [3.63, 3.8) is 0 Å². The number of ether oxygens (including phenoxy) is 1. The molecule has 1 fully saturated rings. The number of hydrogen-bond donors (Lipinski definition) is 0. The normalized spacial score (nSPS) is 13.9. The van der Waals surface area contributed by atoms with Gasteiger partial charge >= 0.3 is 12.1 Å². The van der Waals surface area contributed by atoms with Crippen molar-refractivity contribution < 1.29 is 27.5 Å². The number of anilines is 1. The van der Waals surface area contributed by atoms with Crippen molar-refractivity contribution in [3.8, 4) is 0 Å². The number of esters is 1. The van der Waals surface area contributed by atoms with Gasteiger partial charge in [-0.2, -0.15) is 13.2 Å². The van der Waals surface area contributed by atoms with Crippen molar-refractivity contribution in [2.75, 3.05) is 44.2 Å². The highest BCUT2D eigenvalue weighted by atomic mass is 35.5. The second-order valence-electron chi connectivity index (χ2n) is 8.42. The molecule has 1 heterocycles. The second-order valence-corrected chi connectivity index (χ2v) is 8.86. The molecule has 0 aromatic heterocycles. The quantitative estimate of drug-likeness (QED) is 0.289. The molecule has 0 aliphatic carbocycles. The topological polar surface area (TPSA) is 49.9 Å². The number of alkyl halides is 3. The standard InChI is InChI=1S/C15H19F3N2O2.C13H9ClO/c1-12(21)22-10-9-19-5-7-20(8-6-19)14-4-2-3-13(11-14)15(16,17)18;14-12-8-6-11(7-9-12)13(15)10-4-2-1-3-5-10/h2-4,11H,5-10H2,1H3;1-9H. The number of rotatable bonds is 6. The summed E-state index contributed by atoms with van der Waals surface area (Å²) in [5.41, 5.74) is 1.32. The van der Waals surface area contributed by atoms with Gasteiger partial charge in [-0.05, 0) is 42.5 Å². The molecular formula is C28H28ClF3N2O3. The van der Waals surface area contributed by atoms with Crippen molar-refractivity contribution in [2.45, 2.75) is 13.1 Å². The fraction of sp³-hybridized carbons (Fsp3) is 0.286. The molecule has 1 aliphatic rings. The summed E-state index contributed by atoms with van der Waals surface area (Å²) >= 11 is 5.75. The SMILES string of the molecule is CC(=O)OCCN1CCN(c2cccc(C(F)(F)F)c2)CC1.O=C(c1ccccc1)c1ccc(Cl)cc1. The van der Waals surface area contributed by atoms with E-state index in [2.05, 4.69) is 4.90 Å². The summed E-state index contributed by atoms with van der Waals surface area (Å²) in [5, 5.41) is 0.639. The first-order chi connectivity index (χ1) is 17.6. The third kappa shape index (κ3) is 8.91. The minimum atomic E-state index is -4.32. The van der Waals surface area contributed by atoms with E-state index in [1.165, 1.54) is 19.1 Å². The summed E-state index contributed by atoms with van der Waals surface area (Å²) < 4.78 is 43.1. The van der Waals surface area contributed by atoms with E-state index in [9.17, 15) is 22.8 Å². The number of carbonyl (C=O) groups is 2. The zero-order valence-corrected chi connectivity index (χ0v) is 21.1. The maximum Gasteiger partial charge on any atom is 0.416 e. The highest BCUT2D eigenvalue weighted by Gasteiger charge is 2.31. The Hall–Kier alpha value is -3.36. The van der Waals surface area contributed by atoms with Gasteiger partial charge in [0, 0.05) is 61.5 Å². The molecule has 0 saturated carbocycles. The average Bonchev–Trinajstić information content (AvgIpc) is 2.89. The summed E-state index contributed by atoms with van der Waals surface area (Å²) in [5.74, 6) is -0.283. The molecule has 4 rings (SSSR count). The van der Waals surface area contributed by atoms with Crippen molar-refractivity contribution in [2.24, 2.45) is 0 Å². The molecule has 1 aliphatic heterocycles. The number of hydrogen-bond acceptors (Lipinski definition) is 5. The largest absolute Gasteiger partial charge is 0.465 e. The average molecular weight is 533 g/mol. The molecule has 3 aromatic rings. The van der Waals surface area contributed by atoms with Crippen LogP contribution in [-0.4, -0.2) is 56.0 Å². The van der Waals surface area contributed by atoms with E-state index < -0.39 is 11.7 Å².